The highest BCUT2D eigenvalue weighted by atomic mass is 79.9. The molecule has 0 aliphatic rings. The Kier molecular flexibility index (Phi) is 10.1. The van der Waals surface area contributed by atoms with Crippen LogP contribution in [0, 0.1) is 0 Å². The van der Waals surface area contributed by atoms with E-state index in [0.717, 1.165) is 19.5 Å². The minimum Gasteiger partial charge on any atom is -0.444 e. The molecule has 1 aromatic heterocycles. The van der Waals surface area contributed by atoms with Gasteiger partial charge >= 0.3 is 0 Å². The molecular formula is C13H21BrClN3O3. The van der Waals surface area contributed by atoms with E-state index in [1.165, 1.54) is 4.90 Å². The van der Waals surface area contributed by atoms with Gasteiger partial charge < -0.3 is 20.0 Å². The van der Waals surface area contributed by atoms with Crippen LogP contribution in [0.25, 0.3) is 0 Å². The maximum absolute atomic E-state index is 11.9. The van der Waals surface area contributed by atoms with E-state index in [0.29, 0.717) is 11.2 Å². The SMILES string of the molecule is CCCNCCNC(=O)CN(C)C(=O)c1ccc(Br)o1.Cl. The van der Waals surface area contributed by atoms with E-state index in [1.54, 1.807) is 19.2 Å². The molecule has 0 fully saturated rings. The zero-order chi connectivity index (χ0) is 15.0. The molecule has 1 heterocycles. The molecule has 0 saturated heterocycles. The first-order chi connectivity index (χ1) is 9.54. The molecule has 0 saturated carbocycles. The zero-order valence-corrected chi connectivity index (χ0v) is 14.6. The molecule has 0 aliphatic heterocycles. The Labute approximate surface area is 139 Å². The van der Waals surface area contributed by atoms with E-state index >= 15 is 0 Å². The smallest absolute Gasteiger partial charge is 0.289 e. The molecule has 6 nitrogen and oxygen atoms in total. The number of rotatable bonds is 8. The van der Waals surface area contributed by atoms with Crippen molar-refractivity contribution in [2.24, 2.45) is 0 Å². The van der Waals surface area contributed by atoms with Crippen molar-refractivity contribution >= 4 is 40.2 Å². The fourth-order valence-corrected chi connectivity index (χ4v) is 1.86. The first kappa shape index (κ1) is 19.9. The Balaban J connectivity index is 0.00000400. The molecule has 2 N–H and O–H groups in total. The average Bonchev–Trinajstić information content (AvgIpc) is 2.84. The summed E-state index contributed by atoms with van der Waals surface area (Å²) < 4.78 is 5.64. The maximum atomic E-state index is 11.9. The summed E-state index contributed by atoms with van der Waals surface area (Å²) in [5.41, 5.74) is 0. The number of carbonyl (C=O) groups is 2. The molecule has 21 heavy (non-hydrogen) atoms. The van der Waals surface area contributed by atoms with Crippen molar-refractivity contribution in [3.63, 3.8) is 0 Å². The second-order valence-electron chi connectivity index (χ2n) is 4.36. The van der Waals surface area contributed by atoms with Gasteiger partial charge in [-0.3, -0.25) is 9.59 Å². The first-order valence-electron chi connectivity index (χ1n) is 6.52. The molecule has 0 bridgehead atoms. The van der Waals surface area contributed by atoms with Gasteiger partial charge in [-0.1, -0.05) is 6.92 Å². The second-order valence-corrected chi connectivity index (χ2v) is 5.15. The van der Waals surface area contributed by atoms with E-state index in [9.17, 15) is 9.59 Å². The van der Waals surface area contributed by atoms with E-state index in [1.807, 2.05) is 0 Å². The van der Waals surface area contributed by atoms with Crippen molar-refractivity contribution in [2.75, 3.05) is 33.2 Å². The molecule has 2 amide bonds. The molecule has 0 unspecified atom stereocenters. The van der Waals surface area contributed by atoms with E-state index < -0.39 is 0 Å². The second kappa shape index (κ2) is 10.6. The third-order valence-corrected chi connectivity index (χ3v) is 2.99. The number of halogens is 2. The van der Waals surface area contributed by atoms with Crippen LogP contribution >= 0.6 is 28.3 Å². The van der Waals surface area contributed by atoms with Gasteiger partial charge in [-0.15, -0.1) is 12.4 Å². The number of nitrogens with one attached hydrogen (secondary N) is 2. The monoisotopic (exact) mass is 381 g/mol. The van der Waals surface area contributed by atoms with Crippen LogP contribution < -0.4 is 10.6 Å². The minimum absolute atomic E-state index is 0. The van der Waals surface area contributed by atoms with Gasteiger partial charge in [-0.25, -0.2) is 0 Å². The molecule has 8 heteroatoms. The average molecular weight is 383 g/mol. The summed E-state index contributed by atoms with van der Waals surface area (Å²) in [4.78, 5) is 24.9. The topological polar surface area (TPSA) is 74.6 Å². The number of carbonyl (C=O) groups excluding carboxylic acids is 2. The van der Waals surface area contributed by atoms with Gasteiger partial charge in [0.05, 0.1) is 6.54 Å². The lowest BCUT2D eigenvalue weighted by molar-refractivity contribution is -0.121. The number of amides is 2. The number of hydrogen-bond acceptors (Lipinski definition) is 4. The fourth-order valence-electron chi connectivity index (χ4n) is 1.55. The molecule has 120 valence electrons. The summed E-state index contributed by atoms with van der Waals surface area (Å²) in [6.07, 6.45) is 1.06. The van der Waals surface area contributed by atoms with Crippen LogP contribution in [0.3, 0.4) is 0 Å². The van der Waals surface area contributed by atoms with Gasteiger partial charge in [0.25, 0.3) is 5.91 Å². The zero-order valence-electron chi connectivity index (χ0n) is 12.1. The van der Waals surface area contributed by atoms with E-state index in [-0.39, 0.29) is 36.5 Å². The number of furan rings is 1. The molecule has 0 radical (unpaired) electrons. The van der Waals surface area contributed by atoms with Crippen molar-refractivity contribution < 1.29 is 14.0 Å². The van der Waals surface area contributed by atoms with Crippen LogP contribution in [-0.2, 0) is 4.79 Å². The molecule has 0 atom stereocenters. The lowest BCUT2D eigenvalue weighted by atomic mass is 10.4. The standard InChI is InChI=1S/C13H20BrN3O3.ClH/c1-3-6-15-7-8-16-12(18)9-17(2)13(19)10-4-5-11(14)20-10;/h4-5,15H,3,6-9H2,1-2H3,(H,16,18);1H. The van der Waals surface area contributed by atoms with Gasteiger partial charge in [0.1, 0.15) is 0 Å². The summed E-state index contributed by atoms with van der Waals surface area (Å²) in [7, 11) is 1.56. The van der Waals surface area contributed by atoms with Gasteiger partial charge in [0.15, 0.2) is 10.4 Å². The van der Waals surface area contributed by atoms with Crippen molar-refractivity contribution in [3.05, 3.63) is 22.6 Å². The Morgan fingerprint density at radius 1 is 1.29 bits per heavy atom. The third-order valence-electron chi connectivity index (χ3n) is 2.56. The van der Waals surface area contributed by atoms with Crippen LogP contribution in [0.15, 0.2) is 21.2 Å². The van der Waals surface area contributed by atoms with Crippen LogP contribution in [-0.4, -0.2) is 49.9 Å². The predicted molar refractivity (Wildman–Crippen MR) is 86.8 cm³/mol. The Hall–Kier alpha value is -1.05. The van der Waals surface area contributed by atoms with Crippen molar-refractivity contribution in [2.45, 2.75) is 13.3 Å². The normalized spacial score (nSPS) is 9.86. The quantitative estimate of drug-likeness (QED) is 0.671. The molecule has 0 aromatic carbocycles. The summed E-state index contributed by atoms with van der Waals surface area (Å²) in [6.45, 7) is 4.29. The van der Waals surface area contributed by atoms with Crippen LogP contribution in [0.2, 0.25) is 0 Å². The highest BCUT2D eigenvalue weighted by Crippen LogP contribution is 2.15. The summed E-state index contributed by atoms with van der Waals surface area (Å²) >= 11 is 3.13. The largest absolute Gasteiger partial charge is 0.444 e. The van der Waals surface area contributed by atoms with Crippen molar-refractivity contribution in [1.29, 1.82) is 0 Å². The van der Waals surface area contributed by atoms with Gasteiger partial charge in [-0.05, 0) is 41.0 Å². The van der Waals surface area contributed by atoms with Crippen LogP contribution in [0.1, 0.15) is 23.9 Å². The maximum Gasteiger partial charge on any atom is 0.289 e. The molecule has 0 aliphatic carbocycles. The Morgan fingerprint density at radius 3 is 2.57 bits per heavy atom. The van der Waals surface area contributed by atoms with Crippen LogP contribution in [0.5, 0.6) is 0 Å². The highest BCUT2D eigenvalue weighted by molar-refractivity contribution is 9.10. The summed E-state index contributed by atoms with van der Waals surface area (Å²) in [6, 6.07) is 3.20. The van der Waals surface area contributed by atoms with Crippen molar-refractivity contribution in [1.82, 2.24) is 15.5 Å². The lowest BCUT2D eigenvalue weighted by Gasteiger charge is -2.15. The number of nitrogens with zero attached hydrogens (tertiary/aromatic N) is 1. The molecule has 1 aromatic rings. The first-order valence-corrected chi connectivity index (χ1v) is 7.32. The summed E-state index contributed by atoms with van der Waals surface area (Å²) in [5, 5.41) is 5.93. The Morgan fingerprint density at radius 2 is 2.00 bits per heavy atom. The Bertz CT molecular complexity index is 454. The van der Waals surface area contributed by atoms with Crippen LogP contribution in [0.4, 0.5) is 0 Å². The van der Waals surface area contributed by atoms with E-state index in [4.69, 9.17) is 4.42 Å². The highest BCUT2D eigenvalue weighted by Gasteiger charge is 2.17. The number of likely N-dealkylation sites (N-methyl/N-ethyl adjacent to an activating group) is 1. The third kappa shape index (κ3) is 7.50. The summed E-state index contributed by atoms with van der Waals surface area (Å²) in [5.74, 6) is -0.309. The molecular weight excluding hydrogens is 362 g/mol. The molecule has 1 rings (SSSR count). The lowest BCUT2D eigenvalue weighted by Crippen LogP contribution is -2.40. The predicted octanol–water partition coefficient (Wildman–Crippen LogP) is 1.65. The van der Waals surface area contributed by atoms with Gasteiger partial charge in [0, 0.05) is 20.1 Å². The van der Waals surface area contributed by atoms with Gasteiger partial charge in [0.2, 0.25) is 5.91 Å². The minimum atomic E-state index is -0.324. The van der Waals surface area contributed by atoms with Crippen molar-refractivity contribution in [3.8, 4) is 0 Å². The van der Waals surface area contributed by atoms with E-state index in [2.05, 4.69) is 33.5 Å². The number of hydrogen-bond donors (Lipinski definition) is 2. The molecule has 0 spiro atoms. The van der Waals surface area contributed by atoms with Gasteiger partial charge in [-0.2, -0.15) is 0 Å². The fraction of sp³-hybridized carbons (Fsp3) is 0.538.